The molecule has 1 aliphatic heterocycles. The van der Waals surface area contributed by atoms with Gasteiger partial charge in [-0.15, -0.1) is 0 Å². The van der Waals surface area contributed by atoms with Crippen LogP contribution in [0.4, 0.5) is 4.79 Å². The molecule has 244 valence electrons. The summed E-state index contributed by atoms with van der Waals surface area (Å²) in [6, 6.07) is -4.32. The highest BCUT2D eigenvalue weighted by atomic mass is 16.5. The monoisotopic (exact) mass is 615 g/mol. The molecule has 0 bridgehead atoms. The molecule has 12 heteroatoms. The number of amides is 5. The molecule has 0 spiro atoms. The number of hydrogen-bond acceptors (Lipinski definition) is 7. The van der Waals surface area contributed by atoms with Gasteiger partial charge in [-0.05, 0) is 72.5 Å². The van der Waals surface area contributed by atoms with Crippen LogP contribution in [0.15, 0.2) is 0 Å². The first kappa shape index (κ1) is 32.2. The van der Waals surface area contributed by atoms with Crippen LogP contribution in [-0.2, 0) is 28.7 Å². The molecule has 1 unspecified atom stereocenters. The van der Waals surface area contributed by atoms with Gasteiger partial charge in [-0.2, -0.15) is 0 Å². The van der Waals surface area contributed by atoms with E-state index < -0.39 is 65.1 Å². The summed E-state index contributed by atoms with van der Waals surface area (Å²) >= 11 is 0. The highest BCUT2D eigenvalue weighted by Gasteiger charge is 2.70. The third-order valence-corrected chi connectivity index (χ3v) is 10.6. The number of urea groups is 1. The summed E-state index contributed by atoms with van der Waals surface area (Å²) in [6.07, 6.45) is 6.87. The highest BCUT2D eigenvalue weighted by Crippen LogP contribution is 2.65. The molecule has 5 rings (SSSR count). The maximum absolute atomic E-state index is 14.2. The van der Waals surface area contributed by atoms with Crippen LogP contribution in [0.3, 0.4) is 0 Å². The summed E-state index contributed by atoms with van der Waals surface area (Å²) in [5.41, 5.74) is 4.38. The first-order valence-corrected chi connectivity index (χ1v) is 16.3. The van der Waals surface area contributed by atoms with Gasteiger partial charge in [0.05, 0.1) is 12.6 Å². The number of rotatable bonds is 13. The van der Waals surface area contributed by atoms with Crippen LogP contribution in [0.5, 0.6) is 0 Å². The van der Waals surface area contributed by atoms with E-state index in [1.165, 1.54) is 4.90 Å². The van der Waals surface area contributed by atoms with Crippen molar-refractivity contribution >= 4 is 35.5 Å². The van der Waals surface area contributed by atoms with Crippen LogP contribution in [-0.4, -0.2) is 77.7 Å². The molecule has 5 aliphatic rings. The van der Waals surface area contributed by atoms with Crippen LogP contribution in [0, 0.1) is 40.4 Å². The summed E-state index contributed by atoms with van der Waals surface area (Å²) in [5.74, 6) is -2.69. The number of carbonyl (C=O) groups is 6. The maximum Gasteiger partial charge on any atom is 0.328 e. The van der Waals surface area contributed by atoms with E-state index in [0.29, 0.717) is 25.5 Å². The van der Waals surface area contributed by atoms with E-state index in [2.05, 4.69) is 29.8 Å². The molecule has 5 N–H and O–H groups in total. The number of ketones is 1. The van der Waals surface area contributed by atoms with Crippen LogP contribution in [0.2, 0.25) is 0 Å². The van der Waals surface area contributed by atoms with Gasteiger partial charge in [0, 0.05) is 6.54 Å². The normalized spacial score (nSPS) is 27.6. The first-order chi connectivity index (χ1) is 20.6. The van der Waals surface area contributed by atoms with Crippen molar-refractivity contribution in [3.05, 3.63) is 0 Å². The zero-order valence-electron chi connectivity index (χ0n) is 26.6. The lowest BCUT2D eigenvalue weighted by Gasteiger charge is -2.38. The number of esters is 1. The Morgan fingerprint density at radius 2 is 1.57 bits per heavy atom. The van der Waals surface area contributed by atoms with Crippen molar-refractivity contribution < 1.29 is 33.5 Å². The van der Waals surface area contributed by atoms with E-state index in [4.69, 9.17) is 10.5 Å². The average molecular weight is 616 g/mol. The van der Waals surface area contributed by atoms with Crippen molar-refractivity contribution in [2.45, 2.75) is 110 Å². The third-order valence-electron chi connectivity index (χ3n) is 10.6. The number of piperidine rings is 1. The molecule has 1 saturated heterocycles. The predicted octanol–water partition coefficient (Wildman–Crippen LogP) is 1.64. The SMILES string of the molecule is CC(C)(C)[C@H](NC(=O)N[C@H](C(=O)OCC1CC1)C1CCC1)C(=O)N1C[C@H]2[C@@H]([C@H]1C(=O)NC(CC1CC1)C(=O)C(N)=O)C2(C)C. The van der Waals surface area contributed by atoms with Crippen molar-refractivity contribution in [2.24, 2.45) is 46.2 Å². The molecule has 1 heterocycles. The molecule has 0 aromatic heterocycles. The van der Waals surface area contributed by atoms with E-state index in [1.54, 1.807) is 0 Å². The van der Waals surface area contributed by atoms with Crippen LogP contribution < -0.4 is 21.7 Å². The number of nitrogens with one attached hydrogen (secondary N) is 3. The number of Topliss-reactive ketones (excluding diaryl/α,β-unsaturated/α-hetero) is 1. The van der Waals surface area contributed by atoms with Gasteiger partial charge in [-0.25, -0.2) is 9.59 Å². The Morgan fingerprint density at radius 3 is 2.09 bits per heavy atom. The van der Waals surface area contributed by atoms with Gasteiger partial charge in [0.15, 0.2) is 0 Å². The molecule has 0 aromatic carbocycles. The van der Waals surface area contributed by atoms with E-state index in [1.807, 2.05) is 20.8 Å². The number of nitrogens with two attached hydrogens (primary N) is 1. The summed E-state index contributed by atoms with van der Waals surface area (Å²) in [6.45, 7) is 10.3. The average Bonchev–Trinajstić information content (AvgIpc) is 3.86. The summed E-state index contributed by atoms with van der Waals surface area (Å²) in [5, 5.41) is 8.38. The van der Waals surface area contributed by atoms with Crippen molar-refractivity contribution in [2.75, 3.05) is 13.2 Å². The zero-order chi connectivity index (χ0) is 32.1. The summed E-state index contributed by atoms with van der Waals surface area (Å²) < 4.78 is 5.50. The lowest BCUT2D eigenvalue weighted by atomic mass is 9.79. The maximum atomic E-state index is 14.2. The fourth-order valence-corrected chi connectivity index (χ4v) is 7.01. The molecule has 4 saturated carbocycles. The number of hydrogen-bond donors (Lipinski definition) is 4. The van der Waals surface area contributed by atoms with Gasteiger partial charge in [-0.3, -0.25) is 19.2 Å². The summed E-state index contributed by atoms with van der Waals surface area (Å²) in [7, 11) is 0. The van der Waals surface area contributed by atoms with Gasteiger partial charge in [0.2, 0.25) is 17.6 Å². The zero-order valence-corrected chi connectivity index (χ0v) is 26.6. The van der Waals surface area contributed by atoms with E-state index >= 15 is 0 Å². The standard InChI is InChI=1S/C32H49N5O7/c1-31(2,3)25(36-30(43)35-22(18-7-6-8-18)29(42)44-15-17-11-12-17)28(41)37-14-19-21(32(19,4)5)23(37)27(40)34-20(13-16-9-10-16)24(38)26(33)39/h16-23,25H,6-15H2,1-5H3,(H2,33,39)(H,34,40)(H2,35,36,43)/t19-,20?,21-,22-,23-,25+/m0/s1. The van der Waals surface area contributed by atoms with E-state index in [9.17, 15) is 28.8 Å². The Morgan fingerprint density at radius 1 is 0.932 bits per heavy atom. The molecular weight excluding hydrogens is 566 g/mol. The largest absolute Gasteiger partial charge is 0.464 e. The molecule has 44 heavy (non-hydrogen) atoms. The molecule has 12 nitrogen and oxygen atoms in total. The third kappa shape index (κ3) is 6.88. The van der Waals surface area contributed by atoms with Crippen LogP contribution in [0.25, 0.3) is 0 Å². The summed E-state index contributed by atoms with van der Waals surface area (Å²) in [4.78, 5) is 80.1. The number of fused-ring (bicyclic) bond motifs is 1. The highest BCUT2D eigenvalue weighted by molar-refractivity contribution is 6.37. The van der Waals surface area contributed by atoms with Crippen molar-refractivity contribution in [3.8, 4) is 0 Å². The lowest BCUT2D eigenvalue weighted by Crippen LogP contribution is -2.62. The van der Waals surface area contributed by atoms with Crippen molar-refractivity contribution in [3.63, 3.8) is 0 Å². The van der Waals surface area contributed by atoms with Gasteiger partial charge in [-0.1, -0.05) is 53.9 Å². The van der Waals surface area contributed by atoms with E-state index in [0.717, 1.165) is 44.9 Å². The minimum Gasteiger partial charge on any atom is -0.464 e. The Labute approximate surface area is 259 Å². The lowest BCUT2D eigenvalue weighted by molar-refractivity contribution is -0.148. The molecule has 0 radical (unpaired) electrons. The van der Waals surface area contributed by atoms with Gasteiger partial charge >= 0.3 is 12.0 Å². The quantitative estimate of drug-likeness (QED) is 0.180. The van der Waals surface area contributed by atoms with Crippen LogP contribution >= 0.6 is 0 Å². The fourth-order valence-electron chi connectivity index (χ4n) is 7.01. The minimum atomic E-state index is -1.10. The van der Waals surface area contributed by atoms with Gasteiger partial charge in [0.1, 0.15) is 18.1 Å². The molecule has 4 aliphatic carbocycles. The number of primary amides is 1. The smallest absolute Gasteiger partial charge is 0.328 e. The number of ether oxygens (including phenoxy) is 1. The minimum absolute atomic E-state index is 0.0102. The number of likely N-dealkylation sites (tertiary alicyclic amines) is 1. The number of carbonyl (C=O) groups excluding carboxylic acids is 6. The molecular formula is C32H49N5O7. The second kappa shape index (κ2) is 12.0. The van der Waals surface area contributed by atoms with Crippen molar-refractivity contribution in [1.29, 1.82) is 0 Å². The molecule has 5 fully saturated rings. The Balaban J connectivity index is 1.29. The molecule has 5 amide bonds. The topological polar surface area (TPSA) is 177 Å². The molecule has 6 atom stereocenters. The fraction of sp³-hybridized carbons (Fsp3) is 0.812. The second-order valence-corrected chi connectivity index (χ2v) is 15.5. The van der Waals surface area contributed by atoms with Crippen molar-refractivity contribution in [1.82, 2.24) is 20.9 Å². The molecule has 0 aromatic rings. The second-order valence-electron chi connectivity index (χ2n) is 15.5. The van der Waals surface area contributed by atoms with Gasteiger partial charge < -0.3 is 31.3 Å². The van der Waals surface area contributed by atoms with Gasteiger partial charge in [0.25, 0.3) is 5.91 Å². The van der Waals surface area contributed by atoms with E-state index in [-0.39, 0.29) is 29.1 Å². The number of nitrogens with zero attached hydrogens (tertiary/aromatic N) is 1. The first-order valence-electron chi connectivity index (χ1n) is 16.3. The Kier molecular flexibility index (Phi) is 8.76. The van der Waals surface area contributed by atoms with Crippen LogP contribution in [0.1, 0.15) is 86.0 Å². The predicted molar refractivity (Wildman–Crippen MR) is 159 cm³/mol. The Bertz CT molecular complexity index is 1200. The Hall–Kier alpha value is -3.18.